The molecular formula is C23H19N2O5-. The maximum atomic E-state index is 13.5. The van der Waals surface area contributed by atoms with E-state index in [1.54, 1.807) is 60.5 Å². The first kappa shape index (κ1) is 19.3. The quantitative estimate of drug-likeness (QED) is 0.680. The summed E-state index contributed by atoms with van der Waals surface area (Å²) in [5.41, 5.74) is 2.38. The van der Waals surface area contributed by atoms with E-state index in [1.807, 2.05) is 24.3 Å². The maximum Gasteiger partial charge on any atom is 0.262 e. The molecule has 1 N–H and O–H groups in total. The Morgan fingerprint density at radius 1 is 1.00 bits per heavy atom. The topological polar surface area (TPSA) is 90.9 Å². The van der Waals surface area contributed by atoms with Gasteiger partial charge in [-0.1, -0.05) is 42.5 Å². The zero-order valence-corrected chi connectivity index (χ0v) is 16.2. The number of anilines is 2. The lowest BCUT2D eigenvalue weighted by atomic mass is 10.0. The van der Waals surface area contributed by atoms with Gasteiger partial charge < -0.3 is 24.7 Å². The van der Waals surface area contributed by atoms with Gasteiger partial charge in [-0.15, -0.1) is 0 Å². The lowest BCUT2D eigenvalue weighted by molar-refractivity contribution is -0.307. The number of rotatable bonds is 6. The van der Waals surface area contributed by atoms with Crippen LogP contribution in [0.15, 0.2) is 72.8 Å². The first-order valence-electron chi connectivity index (χ1n) is 9.34. The summed E-state index contributed by atoms with van der Waals surface area (Å²) >= 11 is 0. The second kappa shape index (κ2) is 8.16. The van der Waals surface area contributed by atoms with Crippen LogP contribution in [0.5, 0.6) is 11.5 Å². The van der Waals surface area contributed by atoms with E-state index in [0.29, 0.717) is 34.0 Å². The second-order valence-corrected chi connectivity index (χ2v) is 6.64. The van der Waals surface area contributed by atoms with Gasteiger partial charge in [0.1, 0.15) is 24.3 Å². The van der Waals surface area contributed by atoms with E-state index in [9.17, 15) is 14.7 Å². The number of ether oxygens (including phenoxy) is 2. The number of carboxylic acids is 1. The number of nitrogens with one attached hydrogen (secondary N) is 1. The van der Waals surface area contributed by atoms with Gasteiger partial charge in [0, 0.05) is 11.3 Å². The average molecular weight is 403 g/mol. The number of hydrogen-bond donors (Lipinski definition) is 1. The summed E-state index contributed by atoms with van der Waals surface area (Å²) in [6, 6.07) is 21.4. The van der Waals surface area contributed by atoms with Crippen LogP contribution in [0.1, 0.15) is 22.1 Å². The third-order valence-corrected chi connectivity index (χ3v) is 4.83. The van der Waals surface area contributed by atoms with E-state index in [-0.39, 0.29) is 5.91 Å². The number of carbonyl (C=O) groups excluding carboxylic acids is 2. The average Bonchev–Trinajstić information content (AvgIpc) is 2.78. The fourth-order valence-electron chi connectivity index (χ4n) is 3.52. The minimum Gasteiger partial charge on any atom is -0.546 e. The number of hydrogen-bond acceptors (Lipinski definition) is 6. The van der Waals surface area contributed by atoms with Crippen LogP contribution in [0.3, 0.4) is 0 Å². The molecule has 0 saturated carbocycles. The van der Waals surface area contributed by atoms with E-state index >= 15 is 0 Å². The van der Waals surface area contributed by atoms with Crippen LogP contribution < -0.4 is 24.8 Å². The highest BCUT2D eigenvalue weighted by Gasteiger charge is 2.36. The van der Waals surface area contributed by atoms with Gasteiger partial charge in [-0.2, -0.15) is 0 Å². The summed E-state index contributed by atoms with van der Waals surface area (Å²) in [4.78, 5) is 26.0. The van der Waals surface area contributed by atoms with Crippen molar-refractivity contribution in [2.24, 2.45) is 0 Å². The molecule has 0 spiro atoms. The van der Waals surface area contributed by atoms with Crippen molar-refractivity contribution >= 4 is 23.3 Å². The van der Waals surface area contributed by atoms with E-state index in [1.165, 1.54) is 0 Å². The molecule has 0 aromatic heterocycles. The zero-order valence-electron chi connectivity index (χ0n) is 16.2. The molecule has 0 radical (unpaired) electrons. The van der Waals surface area contributed by atoms with Crippen molar-refractivity contribution < 1.29 is 24.2 Å². The van der Waals surface area contributed by atoms with Gasteiger partial charge in [0.25, 0.3) is 5.91 Å². The predicted molar refractivity (Wildman–Crippen MR) is 110 cm³/mol. The van der Waals surface area contributed by atoms with Crippen molar-refractivity contribution in [3.63, 3.8) is 0 Å². The molecule has 0 fully saturated rings. The van der Waals surface area contributed by atoms with Crippen LogP contribution in [0.4, 0.5) is 11.4 Å². The van der Waals surface area contributed by atoms with Gasteiger partial charge in [0.05, 0.1) is 24.3 Å². The number of carboxylic acid groups (broad SMARTS) is 1. The van der Waals surface area contributed by atoms with Gasteiger partial charge >= 0.3 is 0 Å². The number of amides is 1. The molecule has 0 bridgehead atoms. The first-order chi connectivity index (χ1) is 14.6. The molecule has 3 aromatic carbocycles. The molecule has 1 heterocycles. The summed E-state index contributed by atoms with van der Waals surface area (Å²) in [6.07, 6.45) is -0.651. The molecule has 7 nitrogen and oxygen atoms in total. The molecule has 4 rings (SSSR count). The van der Waals surface area contributed by atoms with Gasteiger partial charge in [-0.3, -0.25) is 9.69 Å². The SMILES string of the molecule is COc1ccccc1N1C(=O)c2ccccc2N[C@@H]1c1ccccc1OCC(=O)[O-]. The highest BCUT2D eigenvalue weighted by Crippen LogP contribution is 2.42. The molecule has 0 saturated heterocycles. The third kappa shape index (κ3) is 3.53. The Morgan fingerprint density at radius 2 is 1.67 bits per heavy atom. The monoisotopic (exact) mass is 403 g/mol. The fraction of sp³-hybridized carbons (Fsp3) is 0.130. The van der Waals surface area contributed by atoms with Crippen LogP contribution in [0.25, 0.3) is 0 Å². The van der Waals surface area contributed by atoms with Crippen LogP contribution >= 0.6 is 0 Å². The predicted octanol–water partition coefficient (Wildman–Crippen LogP) is 2.59. The number of aliphatic carboxylic acids is 1. The Hall–Kier alpha value is -4.00. The molecular weight excluding hydrogens is 384 g/mol. The van der Waals surface area contributed by atoms with E-state index in [2.05, 4.69) is 5.32 Å². The summed E-state index contributed by atoms with van der Waals surface area (Å²) in [6.45, 7) is -0.594. The summed E-state index contributed by atoms with van der Waals surface area (Å²) in [5, 5.41) is 14.3. The van der Waals surface area contributed by atoms with Gasteiger partial charge in [-0.05, 0) is 30.3 Å². The zero-order chi connectivity index (χ0) is 21.1. The number of methoxy groups -OCH3 is 1. The molecule has 7 heteroatoms. The first-order valence-corrected chi connectivity index (χ1v) is 9.34. The van der Waals surface area contributed by atoms with Gasteiger partial charge in [0.2, 0.25) is 0 Å². The van der Waals surface area contributed by atoms with Crippen molar-refractivity contribution in [1.29, 1.82) is 0 Å². The lowest BCUT2D eigenvalue weighted by Gasteiger charge is -2.39. The Labute approximate surface area is 173 Å². The number of benzene rings is 3. The third-order valence-electron chi connectivity index (χ3n) is 4.83. The normalized spacial score (nSPS) is 15.2. The lowest BCUT2D eigenvalue weighted by Crippen LogP contribution is -2.43. The highest BCUT2D eigenvalue weighted by atomic mass is 16.5. The van der Waals surface area contributed by atoms with Crippen LogP contribution in [0, 0.1) is 0 Å². The van der Waals surface area contributed by atoms with Crippen LogP contribution in [-0.4, -0.2) is 25.6 Å². The van der Waals surface area contributed by atoms with E-state index in [0.717, 1.165) is 0 Å². The number of para-hydroxylation sites is 4. The molecule has 0 aliphatic carbocycles. The molecule has 152 valence electrons. The van der Waals surface area contributed by atoms with Crippen molar-refractivity contribution in [2.75, 3.05) is 23.9 Å². The standard InChI is InChI=1S/C23H20N2O5/c1-29-20-13-7-5-11-18(20)25-22(24-17-10-4-2-8-15(17)23(25)28)16-9-3-6-12-19(16)30-14-21(26)27/h2-13,22,24H,14H2,1H3,(H,26,27)/p-1/t22-/m0/s1. The summed E-state index contributed by atoms with van der Waals surface area (Å²) < 4.78 is 10.9. The van der Waals surface area contributed by atoms with Crippen molar-refractivity contribution in [3.05, 3.63) is 83.9 Å². The number of carbonyl (C=O) groups is 2. The Bertz CT molecular complexity index is 1100. The van der Waals surface area contributed by atoms with E-state index < -0.39 is 18.7 Å². The highest BCUT2D eigenvalue weighted by molar-refractivity contribution is 6.12. The smallest absolute Gasteiger partial charge is 0.262 e. The molecule has 1 aliphatic rings. The van der Waals surface area contributed by atoms with Crippen molar-refractivity contribution in [2.45, 2.75) is 6.17 Å². The molecule has 1 amide bonds. The van der Waals surface area contributed by atoms with E-state index in [4.69, 9.17) is 9.47 Å². The molecule has 0 unspecified atom stereocenters. The number of fused-ring (bicyclic) bond motifs is 1. The summed E-state index contributed by atoms with van der Waals surface area (Å²) in [7, 11) is 1.54. The largest absolute Gasteiger partial charge is 0.546 e. The van der Waals surface area contributed by atoms with Gasteiger partial charge in [-0.25, -0.2) is 0 Å². The fourth-order valence-corrected chi connectivity index (χ4v) is 3.52. The molecule has 3 aromatic rings. The van der Waals surface area contributed by atoms with Crippen molar-refractivity contribution in [3.8, 4) is 11.5 Å². The Morgan fingerprint density at radius 3 is 2.43 bits per heavy atom. The second-order valence-electron chi connectivity index (χ2n) is 6.64. The Balaban J connectivity index is 1.86. The Kier molecular flexibility index (Phi) is 5.26. The maximum absolute atomic E-state index is 13.5. The molecule has 1 aliphatic heterocycles. The van der Waals surface area contributed by atoms with Gasteiger partial charge in [0.15, 0.2) is 0 Å². The minimum atomic E-state index is -1.33. The van der Waals surface area contributed by atoms with Crippen LogP contribution in [0.2, 0.25) is 0 Å². The van der Waals surface area contributed by atoms with Crippen LogP contribution in [-0.2, 0) is 4.79 Å². The van der Waals surface area contributed by atoms with Crippen molar-refractivity contribution in [1.82, 2.24) is 0 Å². The minimum absolute atomic E-state index is 0.214. The molecule has 30 heavy (non-hydrogen) atoms. The number of nitrogens with zero attached hydrogens (tertiary/aromatic N) is 1. The summed E-state index contributed by atoms with van der Waals surface area (Å²) in [5.74, 6) is -0.672. The molecule has 1 atom stereocenters.